The monoisotopic (exact) mass is 362 g/mol. The maximum absolute atomic E-state index is 13.6. The second-order valence-corrected chi connectivity index (χ2v) is 6.07. The molecule has 26 heavy (non-hydrogen) atoms. The number of halogens is 3. The molecule has 0 fully saturated rings. The summed E-state index contributed by atoms with van der Waals surface area (Å²) in [6, 6.07) is 1.76. The van der Waals surface area contributed by atoms with Gasteiger partial charge >= 0.3 is 0 Å². The van der Waals surface area contributed by atoms with Crippen molar-refractivity contribution in [3.8, 4) is 11.3 Å². The first-order valence-electron chi connectivity index (χ1n) is 7.94. The van der Waals surface area contributed by atoms with E-state index in [2.05, 4.69) is 10.1 Å². The predicted octanol–water partition coefficient (Wildman–Crippen LogP) is 3.90. The lowest BCUT2D eigenvalue weighted by Crippen LogP contribution is -2.32. The molecule has 1 aromatic carbocycles. The van der Waals surface area contributed by atoms with Crippen molar-refractivity contribution in [2.45, 2.75) is 13.8 Å². The summed E-state index contributed by atoms with van der Waals surface area (Å²) in [4.78, 5) is 5.87. The summed E-state index contributed by atoms with van der Waals surface area (Å²) in [5.41, 5.74) is 0.903. The number of hydrazone groups is 1. The number of oxazole rings is 1. The van der Waals surface area contributed by atoms with Gasteiger partial charge in [-0.05, 0) is 12.1 Å². The molecule has 0 amide bonds. The van der Waals surface area contributed by atoms with Crippen molar-refractivity contribution in [3.63, 3.8) is 0 Å². The average Bonchev–Trinajstić information content (AvgIpc) is 3.09. The molecule has 0 radical (unpaired) electrons. The molecule has 5 nitrogen and oxygen atoms in total. The van der Waals surface area contributed by atoms with Gasteiger partial charge in [-0.2, -0.15) is 5.10 Å². The molecule has 2 N–H and O–H groups in total. The summed E-state index contributed by atoms with van der Waals surface area (Å²) in [6.07, 6.45) is 6.61. The highest BCUT2D eigenvalue weighted by Gasteiger charge is 2.21. The second-order valence-electron chi connectivity index (χ2n) is 6.07. The van der Waals surface area contributed by atoms with Gasteiger partial charge < -0.3 is 15.2 Å². The summed E-state index contributed by atoms with van der Waals surface area (Å²) in [5.74, 6) is 2.44. The van der Waals surface area contributed by atoms with Crippen LogP contribution in [0.15, 0.2) is 46.4 Å². The zero-order valence-corrected chi connectivity index (χ0v) is 14.2. The van der Waals surface area contributed by atoms with Crippen LogP contribution in [0, 0.1) is 23.4 Å². The van der Waals surface area contributed by atoms with Crippen LogP contribution in [0.2, 0.25) is 0 Å². The summed E-state index contributed by atoms with van der Waals surface area (Å²) in [6.45, 7) is 4.49. The molecular formula is C18H17F3N4O. The third-order valence-electron chi connectivity index (χ3n) is 3.92. The Balaban J connectivity index is 2.03. The average molecular weight is 362 g/mol. The van der Waals surface area contributed by atoms with Crippen LogP contribution in [0.25, 0.3) is 16.8 Å². The van der Waals surface area contributed by atoms with Crippen LogP contribution in [-0.4, -0.2) is 22.3 Å². The largest absolute Gasteiger partial charge is 0.443 e. The van der Waals surface area contributed by atoms with Crippen molar-refractivity contribution in [1.29, 1.82) is 0 Å². The van der Waals surface area contributed by atoms with Crippen molar-refractivity contribution >= 4 is 11.4 Å². The van der Waals surface area contributed by atoms with E-state index in [0.717, 1.165) is 18.5 Å². The van der Waals surface area contributed by atoms with Crippen molar-refractivity contribution in [2.75, 3.05) is 6.54 Å². The molecule has 0 unspecified atom stereocenters. The minimum atomic E-state index is -1.53. The van der Waals surface area contributed by atoms with Gasteiger partial charge in [0.1, 0.15) is 11.5 Å². The van der Waals surface area contributed by atoms with Crippen molar-refractivity contribution in [1.82, 2.24) is 9.88 Å². The van der Waals surface area contributed by atoms with Gasteiger partial charge in [-0.15, -0.1) is 0 Å². The van der Waals surface area contributed by atoms with E-state index >= 15 is 0 Å². The molecule has 2 aromatic rings. The van der Waals surface area contributed by atoms with E-state index in [9.17, 15) is 13.2 Å². The SMILES string of the molecule is CC(C)/C(=N/N)N1C=C(c2ocnc2-c2cc(F)c(F)c(F)c2)C=CC1. The fraction of sp³-hybridized carbons (Fsp3) is 0.222. The summed E-state index contributed by atoms with van der Waals surface area (Å²) in [7, 11) is 0. The molecule has 0 spiro atoms. The molecule has 136 valence electrons. The van der Waals surface area contributed by atoms with Gasteiger partial charge in [0.15, 0.2) is 29.6 Å². The van der Waals surface area contributed by atoms with E-state index in [4.69, 9.17) is 10.3 Å². The third-order valence-corrected chi connectivity index (χ3v) is 3.92. The lowest BCUT2D eigenvalue weighted by molar-refractivity contribution is 0.447. The molecule has 0 saturated heterocycles. The van der Waals surface area contributed by atoms with E-state index in [1.807, 2.05) is 24.8 Å². The number of nitrogens with two attached hydrogens (primary N) is 1. The first-order chi connectivity index (χ1) is 12.4. The number of hydrogen-bond donors (Lipinski definition) is 1. The van der Waals surface area contributed by atoms with Crippen LogP contribution in [0.5, 0.6) is 0 Å². The topological polar surface area (TPSA) is 67.7 Å². The van der Waals surface area contributed by atoms with Crippen LogP contribution in [0.3, 0.4) is 0 Å². The minimum Gasteiger partial charge on any atom is -0.443 e. The molecule has 8 heteroatoms. The Morgan fingerprint density at radius 2 is 1.96 bits per heavy atom. The summed E-state index contributed by atoms with van der Waals surface area (Å²) >= 11 is 0. The molecule has 0 aliphatic carbocycles. The van der Waals surface area contributed by atoms with Gasteiger partial charge in [-0.3, -0.25) is 0 Å². The lowest BCUT2D eigenvalue weighted by Gasteiger charge is -2.26. The van der Waals surface area contributed by atoms with Crippen LogP contribution in [0.4, 0.5) is 13.2 Å². The standard InChI is InChI=1S/C18H17F3N4O/c1-10(2)18(24-22)25-5-3-4-11(8-25)17-16(23-9-26-17)12-6-13(19)15(21)14(20)7-12/h3-4,6-10H,5,22H2,1-2H3/b24-18-. The molecule has 0 atom stereocenters. The Morgan fingerprint density at radius 3 is 2.58 bits per heavy atom. The van der Waals surface area contributed by atoms with Crippen molar-refractivity contribution < 1.29 is 17.6 Å². The number of hydrogen-bond acceptors (Lipinski definition) is 4. The normalized spacial score (nSPS) is 14.9. The Labute approximate surface area is 148 Å². The Bertz CT molecular complexity index is 892. The molecule has 0 bridgehead atoms. The van der Waals surface area contributed by atoms with Gasteiger partial charge in [0.2, 0.25) is 0 Å². The number of aromatic nitrogens is 1. The second kappa shape index (κ2) is 7.07. The van der Waals surface area contributed by atoms with Crippen LogP contribution >= 0.6 is 0 Å². The fourth-order valence-electron chi connectivity index (χ4n) is 2.75. The first kappa shape index (κ1) is 17.8. The highest BCUT2D eigenvalue weighted by atomic mass is 19.2. The van der Waals surface area contributed by atoms with E-state index < -0.39 is 17.5 Å². The van der Waals surface area contributed by atoms with Crippen LogP contribution in [0.1, 0.15) is 19.6 Å². The summed E-state index contributed by atoms with van der Waals surface area (Å²) in [5, 5.41) is 3.82. The molecule has 0 saturated carbocycles. The van der Waals surface area contributed by atoms with E-state index in [1.165, 1.54) is 0 Å². The molecule has 2 heterocycles. The molecule has 1 aliphatic rings. The van der Waals surface area contributed by atoms with Crippen LogP contribution in [-0.2, 0) is 0 Å². The van der Waals surface area contributed by atoms with Crippen LogP contribution < -0.4 is 5.84 Å². The number of amidine groups is 1. The van der Waals surface area contributed by atoms with E-state index in [1.54, 1.807) is 12.3 Å². The minimum absolute atomic E-state index is 0.0770. The number of nitrogens with zero attached hydrogens (tertiary/aromatic N) is 3. The van der Waals surface area contributed by atoms with Gasteiger partial charge in [-0.1, -0.05) is 26.0 Å². The Morgan fingerprint density at radius 1 is 1.27 bits per heavy atom. The first-order valence-corrected chi connectivity index (χ1v) is 7.94. The highest BCUT2D eigenvalue weighted by Crippen LogP contribution is 2.32. The van der Waals surface area contributed by atoms with Gasteiger partial charge in [0.05, 0.1) is 0 Å². The van der Waals surface area contributed by atoms with Gasteiger partial charge in [0.25, 0.3) is 0 Å². The molecule has 3 rings (SSSR count). The Hall–Kier alpha value is -3.03. The number of allylic oxidation sites excluding steroid dienone is 2. The fourth-order valence-corrected chi connectivity index (χ4v) is 2.75. The van der Waals surface area contributed by atoms with Gasteiger partial charge in [-0.25, -0.2) is 18.2 Å². The number of benzene rings is 1. The molecular weight excluding hydrogens is 345 g/mol. The zero-order valence-electron chi connectivity index (χ0n) is 14.2. The summed E-state index contributed by atoms with van der Waals surface area (Å²) < 4.78 is 45.8. The molecule has 1 aromatic heterocycles. The third kappa shape index (κ3) is 3.22. The lowest BCUT2D eigenvalue weighted by atomic mass is 10.0. The smallest absolute Gasteiger partial charge is 0.194 e. The van der Waals surface area contributed by atoms with Crippen molar-refractivity contribution in [3.05, 3.63) is 60.1 Å². The van der Waals surface area contributed by atoms with Gasteiger partial charge in [0, 0.05) is 29.8 Å². The maximum Gasteiger partial charge on any atom is 0.194 e. The highest BCUT2D eigenvalue weighted by molar-refractivity contribution is 5.89. The van der Waals surface area contributed by atoms with E-state index in [0.29, 0.717) is 23.7 Å². The molecule has 1 aliphatic heterocycles. The zero-order chi connectivity index (χ0) is 18.8. The maximum atomic E-state index is 13.6. The quantitative estimate of drug-likeness (QED) is 0.296. The van der Waals surface area contributed by atoms with Crippen molar-refractivity contribution in [2.24, 2.45) is 16.9 Å². The van der Waals surface area contributed by atoms with E-state index in [-0.39, 0.29) is 17.2 Å². The Kier molecular flexibility index (Phi) is 4.83. The predicted molar refractivity (Wildman–Crippen MR) is 92.1 cm³/mol. The number of rotatable bonds is 3.